The van der Waals surface area contributed by atoms with Crippen molar-refractivity contribution in [2.24, 2.45) is 0 Å². The van der Waals surface area contributed by atoms with Gasteiger partial charge in [-0.1, -0.05) is 29.5 Å². The molecule has 0 saturated heterocycles. The van der Waals surface area contributed by atoms with E-state index in [-0.39, 0.29) is 5.91 Å². The normalized spacial score (nSPS) is 10.7. The summed E-state index contributed by atoms with van der Waals surface area (Å²) in [6, 6.07) is 14.3. The van der Waals surface area contributed by atoms with Crippen molar-refractivity contribution in [2.45, 2.75) is 22.5 Å². The molecule has 1 N–H and O–H groups in total. The van der Waals surface area contributed by atoms with E-state index in [9.17, 15) is 13.6 Å². The number of amides is 1. The Morgan fingerprint density at radius 3 is 2.23 bits per heavy atom. The zero-order valence-corrected chi connectivity index (χ0v) is 13.5. The van der Waals surface area contributed by atoms with Gasteiger partial charge < -0.3 is 5.32 Å². The van der Waals surface area contributed by atoms with Crippen molar-refractivity contribution in [3.63, 3.8) is 0 Å². The summed E-state index contributed by atoms with van der Waals surface area (Å²) in [4.78, 5) is 13.4. The van der Waals surface area contributed by atoms with E-state index in [0.717, 1.165) is 4.90 Å². The maximum Gasteiger partial charge on any atom is 0.288 e. The van der Waals surface area contributed by atoms with Crippen LogP contribution < -0.4 is 5.32 Å². The van der Waals surface area contributed by atoms with Crippen LogP contribution in [-0.4, -0.2) is 17.4 Å². The van der Waals surface area contributed by atoms with Crippen LogP contribution in [0, 0.1) is 6.92 Å². The summed E-state index contributed by atoms with van der Waals surface area (Å²) in [6.07, 6.45) is 0. The van der Waals surface area contributed by atoms with Crippen molar-refractivity contribution in [1.29, 1.82) is 0 Å². The van der Waals surface area contributed by atoms with Crippen molar-refractivity contribution < 1.29 is 13.6 Å². The Labute approximate surface area is 136 Å². The number of carbonyl (C=O) groups is 1. The van der Waals surface area contributed by atoms with Crippen molar-refractivity contribution in [3.05, 3.63) is 54.1 Å². The largest absolute Gasteiger partial charge is 0.325 e. The molecule has 0 aromatic heterocycles. The Kier molecular flexibility index (Phi) is 6.27. The van der Waals surface area contributed by atoms with Gasteiger partial charge in [0.1, 0.15) is 0 Å². The van der Waals surface area contributed by atoms with Crippen molar-refractivity contribution in [1.82, 2.24) is 0 Å². The number of hydrogen-bond donors (Lipinski definition) is 1. The Bertz CT molecular complexity index is 615. The zero-order chi connectivity index (χ0) is 15.9. The van der Waals surface area contributed by atoms with Crippen LogP contribution in [0.4, 0.5) is 14.5 Å². The average molecular weight is 339 g/mol. The highest BCUT2D eigenvalue weighted by atomic mass is 32.2. The van der Waals surface area contributed by atoms with Crippen LogP contribution >= 0.6 is 23.5 Å². The predicted molar refractivity (Wildman–Crippen MR) is 88.8 cm³/mol. The monoisotopic (exact) mass is 339 g/mol. The number of rotatable bonds is 6. The molecular weight excluding hydrogens is 324 g/mol. The van der Waals surface area contributed by atoms with Gasteiger partial charge in [0.25, 0.3) is 5.76 Å². The van der Waals surface area contributed by atoms with E-state index in [2.05, 4.69) is 5.32 Å². The summed E-state index contributed by atoms with van der Waals surface area (Å²) in [5.74, 6) is -2.26. The first-order chi connectivity index (χ1) is 10.5. The fraction of sp³-hybridized carbons (Fsp3) is 0.188. The van der Waals surface area contributed by atoms with E-state index >= 15 is 0 Å². The topological polar surface area (TPSA) is 29.1 Å². The number of anilines is 1. The van der Waals surface area contributed by atoms with E-state index in [4.69, 9.17) is 0 Å². The maximum absolute atomic E-state index is 12.2. The molecule has 0 aliphatic rings. The number of alkyl halides is 2. The molecule has 2 aromatic rings. The molecule has 0 bridgehead atoms. The highest BCUT2D eigenvalue weighted by molar-refractivity contribution is 8.00. The molecule has 116 valence electrons. The van der Waals surface area contributed by atoms with Gasteiger partial charge in [0.05, 0.1) is 5.75 Å². The third-order valence-corrected chi connectivity index (χ3v) is 4.49. The van der Waals surface area contributed by atoms with Crippen LogP contribution in [0.1, 0.15) is 5.56 Å². The molecule has 0 aliphatic carbocycles. The van der Waals surface area contributed by atoms with Gasteiger partial charge in [0.15, 0.2) is 0 Å². The number of nitrogens with one attached hydrogen (secondary N) is 1. The molecule has 0 radical (unpaired) electrons. The number of hydrogen-bond acceptors (Lipinski definition) is 3. The average Bonchev–Trinajstić information content (AvgIpc) is 2.48. The summed E-state index contributed by atoms with van der Waals surface area (Å²) >= 11 is 1.94. The summed E-state index contributed by atoms with van der Waals surface area (Å²) in [6.45, 7) is 2.01. The Morgan fingerprint density at radius 2 is 1.64 bits per heavy atom. The molecule has 0 unspecified atom stereocenters. The Morgan fingerprint density at radius 1 is 1.05 bits per heavy atom. The second kappa shape index (κ2) is 8.19. The number of carbonyl (C=O) groups excluding carboxylic acids is 1. The van der Waals surface area contributed by atoms with Crippen LogP contribution in [-0.2, 0) is 4.79 Å². The van der Waals surface area contributed by atoms with Crippen LogP contribution in [0.2, 0.25) is 0 Å². The molecule has 1 amide bonds. The number of halogens is 2. The van der Waals surface area contributed by atoms with Gasteiger partial charge >= 0.3 is 0 Å². The molecule has 6 heteroatoms. The fourth-order valence-electron chi connectivity index (χ4n) is 1.70. The molecule has 2 nitrogen and oxygen atoms in total. The molecule has 0 atom stereocenters. The summed E-state index contributed by atoms with van der Waals surface area (Å²) in [5.41, 5.74) is 1.78. The molecule has 2 rings (SSSR count). The molecule has 0 saturated carbocycles. The van der Waals surface area contributed by atoms with Crippen LogP contribution in [0.3, 0.4) is 0 Å². The van der Waals surface area contributed by atoms with Crippen LogP contribution in [0.5, 0.6) is 0 Å². The second-order valence-electron chi connectivity index (χ2n) is 4.55. The van der Waals surface area contributed by atoms with Gasteiger partial charge in [-0.25, -0.2) is 0 Å². The number of benzene rings is 2. The van der Waals surface area contributed by atoms with Crippen molar-refractivity contribution in [3.8, 4) is 0 Å². The van der Waals surface area contributed by atoms with E-state index in [1.807, 2.05) is 31.2 Å². The summed E-state index contributed by atoms with van der Waals surface area (Å²) < 4.78 is 24.4. The van der Waals surface area contributed by atoms with Crippen molar-refractivity contribution in [2.75, 3.05) is 11.1 Å². The predicted octanol–water partition coefficient (Wildman–Crippen LogP) is 5.04. The first-order valence-corrected chi connectivity index (χ1v) is 8.43. The standard InChI is InChI=1S/C16H15F2NOS2/c1-11-2-6-13(7-3-11)21-10-15(20)19-12-4-8-14(9-5-12)22-16(17)18/h2-9,16H,10H2,1H3,(H,19,20). The molecule has 0 spiro atoms. The quantitative estimate of drug-likeness (QED) is 0.748. The molecule has 0 heterocycles. The minimum absolute atomic E-state index is 0.125. The van der Waals surface area contributed by atoms with Gasteiger partial charge in [-0.3, -0.25) is 4.79 Å². The lowest BCUT2D eigenvalue weighted by atomic mass is 10.2. The van der Waals surface area contributed by atoms with Gasteiger partial charge in [-0.2, -0.15) is 8.78 Å². The lowest BCUT2D eigenvalue weighted by Crippen LogP contribution is -2.13. The number of thioether (sulfide) groups is 2. The van der Waals surface area contributed by atoms with Crippen molar-refractivity contribution >= 4 is 35.1 Å². The van der Waals surface area contributed by atoms with E-state index in [1.165, 1.54) is 17.3 Å². The number of aryl methyl sites for hydroxylation is 1. The second-order valence-corrected chi connectivity index (χ2v) is 6.66. The van der Waals surface area contributed by atoms with E-state index in [0.29, 0.717) is 28.1 Å². The van der Waals surface area contributed by atoms with Crippen LogP contribution in [0.25, 0.3) is 0 Å². The molecule has 2 aromatic carbocycles. The molecule has 0 fully saturated rings. The minimum Gasteiger partial charge on any atom is -0.325 e. The lowest BCUT2D eigenvalue weighted by Gasteiger charge is -2.06. The molecule has 0 aliphatic heterocycles. The summed E-state index contributed by atoms with van der Waals surface area (Å²) in [5, 5.41) is 2.75. The van der Waals surface area contributed by atoms with Gasteiger partial charge in [0, 0.05) is 15.5 Å². The first-order valence-electron chi connectivity index (χ1n) is 6.57. The highest BCUT2D eigenvalue weighted by Crippen LogP contribution is 2.26. The van der Waals surface area contributed by atoms with Gasteiger partial charge in [-0.05, 0) is 43.3 Å². The van der Waals surface area contributed by atoms with Gasteiger partial charge in [-0.15, -0.1) is 11.8 Å². The minimum atomic E-state index is -2.44. The SMILES string of the molecule is Cc1ccc(SCC(=O)Nc2ccc(SC(F)F)cc2)cc1. The summed E-state index contributed by atoms with van der Waals surface area (Å²) in [7, 11) is 0. The van der Waals surface area contributed by atoms with Gasteiger partial charge in [0.2, 0.25) is 5.91 Å². The zero-order valence-electron chi connectivity index (χ0n) is 11.9. The van der Waals surface area contributed by atoms with E-state index in [1.54, 1.807) is 24.3 Å². The Balaban J connectivity index is 1.82. The first kappa shape index (κ1) is 16.8. The Hall–Kier alpha value is -1.53. The highest BCUT2D eigenvalue weighted by Gasteiger charge is 2.06. The fourth-order valence-corrected chi connectivity index (χ4v) is 2.90. The van der Waals surface area contributed by atoms with Crippen LogP contribution in [0.15, 0.2) is 58.3 Å². The molecular formula is C16H15F2NOS2. The lowest BCUT2D eigenvalue weighted by molar-refractivity contribution is -0.113. The molecule has 22 heavy (non-hydrogen) atoms. The third-order valence-electron chi connectivity index (χ3n) is 2.75. The van der Waals surface area contributed by atoms with E-state index < -0.39 is 5.76 Å². The third kappa shape index (κ3) is 5.69. The smallest absolute Gasteiger partial charge is 0.288 e. The maximum atomic E-state index is 12.2.